The van der Waals surface area contributed by atoms with E-state index in [1.165, 1.54) is 11.1 Å². The van der Waals surface area contributed by atoms with Gasteiger partial charge >= 0.3 is 0 Å². The summed E-state index contributed by atoms with van der Waals surface area (Å²) in [5.74, 6) is 1.70. The molecule has 0 bridgehead atoms. The van der Waals surface area contributed by atoms with Gasteiger partial charge in [-0.2, -0.15) is 0 Å². The summed E-state index contributed by atoms with van der Waals surface area (Å²) in [6, 6.07) is 12.1. The van der Waals surface area contributed by atoms with Crippen molar-refractivity contribution in [3.05, 3.63) is 52.5 Å². The van der Waals surface area contributed by atoms with Crippen molar-refractivity contribution in [3.63, 3.8) is 0 Å². The maximum atomic E-state index is 6.37. The van der Waals surface area contributed by atoms with Crippen LogP contribution in [0.5, 0.6) is 11.5 Å². The van der Waals surface area contributed by atoms with Crippen LogP contribution in [0.1, 0.15) is 11.1 Å². The van der Waals surface area contributed by atoms with Crippen LogP contribution >= 0.6 is 11.6 Å². The first-order valence-corrected chi connectivity index (χ1v) is 7.33. The lowest BCUT2D eigenvalue weighted by atomic mass is 9.99. The molecular weight excluding hydrogens is 286 g/mol. The normalized spacial score (nSPS) is 13.8. The van der Waals surface area contributed by atoms with Crippen molar-refractivity contribution in [1.82, 2.24) is 0 Å². The van der Waals surface area contributed by atoms with Crippen molar-refractivity contribution in [2.24, 2.45) is 0 Å². The highest BCUT2D eigenvalue weighted by atomic mass is 35.5. The number of methoxy groups -OCH3 is 2. The van der Waals surface area contributed by atoms with Gasteiger partial charge in [0.1, 0.15) is 11.5 Å². The van der Waals surface area contributed by atoms with Crippen LogP contribution in [-0.4, -0.2) is 20.8 Å². The molecule has 0 aromatic heterocycles. The third kappa shape index (κ3) is 2.79. The smallest absolute Gasteiger partial charge is 0.120 e. The number of halogens is 1. The van der Waals surface area contributed by atoms with Gasteiger partial charge in [-0.15, -0.1) is 0 Å². The number of fused-ring (bicyclic) bond motifs is 1. The van der Waals surface area contributed by atoms with E-state index in [1.54, 1.807) is 14.2 Å². The molecule has 0 N–H and O–H groups in total. The molecule has 3 nitrogen and oxygen atoms in total. The molecule has 0 saturated heterocycles. The van der Waals surface area contributed by atoms with Crippen molar-refractivity contribution < 1.29 is 9.47 Å². The fourth-order valence-corrected chi connectivity index (χ4v) is 3.02. The summed E-state index contributed by atoms with van der Waals surface area (Å²) in [6.45, 7) is 1.82. The fraction of sp³-hybridized carbons (Fsp3) is 0.294. The molecular formula is C17H18ClNO2. The molecule has 0 unspecified atom stereocenters. The third-order valence-electron chi connectivity index (χ3n) is 3.92. The van der Waals surface area contributed by atoms with Gasteiger partial charge in [0.2, 0.25) is 0 Å². The molecule has 0 atom stereocenters. The van der Waals surface area contributed by atoms with Crippen LogP contribution in [-0.2, 0) is 13.0 Å². The lowest BCUT2D eigenvalue weighted by molar-refractivity contribution is 0.413. The van der Waals surface area contributed by atoms with Gasteiger partial charge in [-0.25, -0.2) is 0 Å². The van der Waals surface area contributed by atoms with Crippen LogP contribution in [0, 0.1) is 0 Å². The molecule has 2 aromatic rings. The average molecular weight is 304 g/mol. The standard InChI is InChI=1S/C17H18ClNO2/c1-20-14-4-3-13-11-19(8-7-12(13)9-14)17-6-5-15(21-2)10-16(17)18/h3-6,9-10H,7-8,11H2,1-2H3. The van der Waals surface area contributed by atoms with Crippen LogP contribution in [0.4, 0.5) is 5.69 Å². The zero-order valence-corrected chi connectivity index (χ0v) is 13.0. The summed E-state index contributed by atoms with van der Waals surface area (Å²) in [5, 5.41) is 0.728. The van der Waals surface area contributed by atoms with Gasteiger partial charge < -0.3 is 14.4 Å². The first-order valence-electron chi connectivity index (χ1n) is 6.95. The molecule has 1 aliphatic heterocycles. The zero-order valence-electron chi connectivity index (χ0n) is 12.2. The number of ether oxygens (including phenoxy) is 2. The largest absolute Gasteiger partial charge is 0.497 e. The topological polar surface area (TPSA) is 21.7 Å². The van der Waals surface area contributed by atoms with E-state index in [9.17, 15) is 0 Å². The molecule has 21 heavy (non-hydrogen) atoms. The Morgan fingerprint density at radius 1 is 0.952 bits per heavy atom. The Hall–Kier alpha value is -1.87. The highest BCUT2D eigenvalue weighted by Crippen LogP contribution is 2.33. The second kappa shape index (κ2) is 5.86. The molecule has 4 heteroatoms. The Morgan fingerprint density at radius 3 is 2.38 bits per heavy atom. The predicted octanol–water partition coefficient (Wildman–Crippen LogP) is 3.92. The number of hydrogen-bond donors (Lipinski definition) is 0. The van der Waals surface area contributed by atoms with Crippen LogP contribution in [0.2, 0.25) is 5.02 Å². The molecule has 0 radical (unpaired) electrons. The number of rotatable bonds is 3. The maximum Gasteiger partial charge on any atom is 0.120 e. The Balaban J connectivity index is 1.86. The van der Waals surface area contributed by atoms with Gasteiger partial charge in [0, 0.05) is 19.2 Å². The van der Waals surface area contributed by atoms with E-state index >= 15 is 0 Å². The molecule has 110 valence electrons. The van der Waals surface area contributed by atoms with Gasteiger partial charge in [-0.1, -0.05) is 17.7 Å². The van der Waals surface area contributed by atoms with Crippen LogP contribution < -0.4 is 14.4 Å². The first-order chi connectivity index (χ1) is 10.2. The molecule has 3 rings (SSSR count). The Morgan fingerprint density at radius 2 is 1.67 bits per heavy atom. The SMILES string of the molecule is COc1ccc(N2CCc3cc(OC)ccc3C2)c(Cl)c1. The molecule has 0 fully saturated rings. The molecule has 0 saturated carbocycles. The lowest BCUT2D eigenvalue weighted by Gasteiger charge is -2.31. The number of benzene rings is 2. The Kier molecular flexibility index (Phi) is 3.93. The minimum absolute atomic E-state index is 0.728. The van der Waals surface area contributed by atoms with Crippen molar-refractivity contribution >= 4 is 17.3 Å². The fourth-order valence-electron chi connectivity index (χ4n) is 2.73. The molecule has 1 heterocycles. The van der Waals surface area contributed by atoms with E-state index in [1.807, 2.05) is 24.3 Å². The average Bonchev–Trinajstić information content (AvgIpc) is 2.53. The summed E-state index contributed by atoms with van der Waals surface area (Å²) in [7, 11) is 3.35. The van der Waals surface area contributed by atoms with Crippen molar-refractivity contribution in [1.29, 1.82) is 0 Å². The van der Waals surface area contributed by atoms with Crippen molar-refractivity contribution in [3.8, 4) is 11.5 Å². The van der Waals surface area contributed by atoms with Crippen molar-refractivity contribution in [2.75, 3.05) is 25.7 Å². The van der Waals surface area contributed by atoms with Gasteiger partial charge in [0.25, 0.3) is 0 Å². The minimum atomic E-state index is 0.728. The molecule has 0 amide bonds. The zero-order chi connectivity index (χ0) is 14.8. The molecule has 1 aliphatic rings. The Labute approximate surface area is 130 Å². The lowest BCUT2D eigenvalue weighted by Crippen LogP contribution is -2.30. The molecule has 0 aliphatic carbocycles. The minimum Gasteiger partial charge on any atom is -0.497 e. The van der Waals surface area contributed by atoms with Crippen LogP contribution in [0.25, 0.3) is 0 Å². The van der Waals surface area contributed by atoms with Crippen LogP contribution in [0.15, 0.2) is 36.4 Å². The highest BCUT2D eigenvalue weighted by Gasteiger charge is 2.19. The number of hydrogen-bond acceptors (Lipinski definition) is 3. The van der Waals surface area contributed by atoms with E-state index in [-0.39, 0.29) is 0 Å². The Bertz CT molecular complexity index is 657. The van der Waals surface area contributed by atoms with E-state index in [0.29, 0.717) is 0 Å². The van der Waals surface area contributed by atoms with Gasteiger partial charge in [0.15, 0.2) is 0 Å². The summed E-state index contributed by atoms with van der Waals surface area (Å²) in [6.07, 6.45) is 0.995. The summed E-state index contributed by atoms with van der Waals surface area (Å²) < 4.78 is 10.5. The van der Waals surface area contributed by atoms with Crippen molar-refractivity contribution in [2.45, 2.75) is 13.0 Å². The number of nitrogens with zero attached hydrogens (tertiary/aromatic N) is 1. The monoisotopic (exact) mass is 303 g/mol. The third-order valence-corrected chi connectivity index (χ3v) is 4.22. The van der Waals surface area contributed by atoms with Gasteiger partial charge in [-0.3, -0.25) is 0 Å². The van der Waals surface area contributed by atoms with E-state index in [2.05, 4.69) is 17.0 Å². The molecule has 2 aromatic carbocycles. The summed E-state index contributed by atoms with van der Waals surface area (Å²) >= 11 is 6.37. The van der Waals surface area contributed by atoms with Gasteiger partial charge in [0.05, 0.1) is 24.9 Å². The van der Waals surface area contributed by atoms with E-state index < -0.39 is 0 Å². The van der Waals surface area contributed by atoms with Crippen LogP contribution in [0.3, 0.4) is 0 Å². The second-order valence-electron chi connectivity index (χ2n) is 5.12. The molecule has 0 spiro atoms. The maximum absolute atomic E-state index is 6.37. The van der Waals surface area contributed by atoms with Gasteiger partial charge in [-0.05, 0) is 41.8 Å². The first kappa shape index (κ1) is 14.1. The summed E-state index contributed by atoms with van der Waals surface area (Å²) in [5.41, 5.74) is 3.74. The number of anilines is 1. The quantitative estimate of drug-likeness (QED) is 0.858. The summed E-state index contributed by atoms with van der Waals surface area (Å²) in [4.78, 5) is 2.30. The van der Waals surface area contributed by atoms with E-state index in [4.69, 9.17) is 21.1 Å². The highest BCUT2D eigenvalue weighted by molar-refractivity contribution is 6.33. The second-order valence-corrected chi connectivity index (χ2v) is 5.53. The predicted molar refractivity (Wildman–Crippen MR) is 85.8 cm³/mol. The van der Waals surface area contributed by atoms with E-state index in [0.717, 1.165) is 41.7 Å².